The third kappa shape index (κ3) is 1.79. The summed E-state index contributed by atoms with van der Waals surface area (Å²) in [6.45, 7) is 1.84. The summed E-state index contributed by atoms with van der Waals surface area (Å²) in [6.07, 6.45) is 3.43. The van der Waals surface area contributed by atoms with E-state index in [2.05, 4.69) is 4.98 Å². The van der Waals surface area contributed by atoms with Gasteiger partial charge in [-0.2, -0.15) is 0 Å². The number of carboxylic acids is 1. The number of carbonyl (C=O) groups is 1. The number of nitrogens with zero attached hydrogens (tertiary/aromatic N) is 2. The second kappa shape index (κ2) is 3.98. The lowest BCUT2D eigenvalue weighted by Crippen LogP contribution is -2.01. The predicted molar refractivity (Wildman–Crippen MR) is 60.3 cm³/mol. The first kappa shape index (κ1) is 10.7. The Kier molecular flexibility index (Phi) is 2.66. The highest BCUT2D eigenvalue weighted by Crippen LogP contribution is 2.20. The molecule has 0 amide bonds. The van der Waals surface area contributed by atoms with Crippen molar-refractivity contribution in [2.24, 2.45) is 0 Å². The molecule has 1 aromatic carbocycles. The largest absolute Gasteiger partial charge is 0.478 e. The zero-order chi connectivity index (χ0) is 11.7. The highest BCUT2D eigenvalue weighted by molar-refractivity contribution is 6.33. The van der Waals surface area contributed by atoms with Gasteiger partial charge in [-0.05, 0) is 25.1 Å². The Morgan fingerprint density at radius 3 is 2.81 bits per heavy atom. The molecule has 0 unspecified atom stereocenters. The summed E-state index contributed by atoms with van der Waals surface area (Å²) in [7, 11) is 0. The van der Waals surface area contributed by atoms with E-state index in [9.17, 15) is 4.79 Å². The lowest BCUT2D eigenvalue weighted by molar-refractivity contribution is 0.0697. The summed E-state index contributed by atoms with van der Waals surface area (Å²) in [5.74, 6) is -0.247. The fourth-order valence-corrected chi connectivity index (χ4v) is 1.68. The van der Waals surface area contributed by atoms with E-state index in [0.29, 0.717) is 0 Å². The third-order valence-corrected chi connectivity index (χ3v) is 2.61. The Morgan fingerprint density at radius 2 is 2.25 bits per heavy atom. The summed E-state index contributed by atoms with van der Waals surface area (Å²) in [4.78, 5) is 15.0. The van der Waals surface area contributed by atoms with Gasteiger partial charge in [0, 0.05) is 18.1 Å². The van der Waals surface area contributed by atoms with E-state index in [1.165, 1.54) is 6.07 Å². The van der Waals surface area contributed by atoms with Crippen LogP contribution in [0.4, 0.5) is 0 Å². The highest BCUT2D eigenvalue weighted by atomic mass is 35.5. The Hall–Kier alpha value is -1.81. The summed E-state index contributed by atoms with van der Waals surface area (Å²) < 4.78 is 1.79. The Balaban J connectivity index is 2.56. The number of aromatic carboxylic acids is 1. The van der Waals surface area contributed by atoms with Crippen molar-refractivity contribution in [1.82, 2.24) is 9.55 Å². The van der Waals surface area contributed by atoms with Crippen molar-refractivity contribution in [3.63, 3.8) is 0 Å². The number of halogens is 1. The third-order valence-electron chi connectivity index (χ3n) is 2.28. The first-order chi connectivity index (χ1) is 7.59. The number of hydrogen-bond donors (Lipinski definition) is 1. The summed E-state index contributed by atoms with van der Waals surface area (Å²) in [6, 6.07) is 4.85. The van der Waals surface area contributed by atoms with E-state index in [-0.39, 0.29) is 10.6 Å². The fourth-order valence-electron chi connectivity index (χ4n) is 1.48. The molecular weight excluding hydrogens is 228 g/mol. The monoisotopic (exact) mass is 236 g/mol. The minimum atomic E-state index is -1.04. The molecule has 0 bridgehead atoms. The maximum Gasteiger partial charge on any atom is 0.337 e. The fraction of sp³-hybridized carbons (Fsp3) is 0.0909. The molecule has 1 N–H and O–H groups in total. The molecule has 0 saturated heterocycles. The number of hydrogen-bond acceptors (Lipinski definition) is 2. The molecule has 0 atom stereocenters. The van der Waals surface area contributed by atoms with Gasteiger partial charge < -0.3 is 9.67 Å². The van der Waals surface area contributed by atoms with Crippen LogP contribution in [0.1, 0.15) is 16.2 Å². The normalized spacial score (nSPS) is 10.4. The average Bonchev–Trinajstić information content (AvgIpc) is 2.65. The molecule has 4 nitrogen and oxygen atoms in total. The second-order valence-electron chi connectivity index (χ2n) is 3.31. The van der Waals surface area contributed by atoms with E-state index < -0.39 is 5.97 Å². The van der Waals surface area contributed by atoms with E-state index in [1.54, 1.807) is 29.1 Å². The van der Waals surface area contributed by atoms with Gasteiger partial charge in [0.05, 0.1) is 10.6 Å². The van der Waals surface area contributed by atoms with E-state index in [1.807, 2.05) is 6.92 Å². The van der Waals surface area contributed by atoms with Gasteiger partial charge in [0.15, 0.2) is 0 Å². The van der Waals surface area contributed by atoms with Crippen LogP contribution in [0.25, 0.3) is 5.69 Å². The first-order valence-corrected chi connectivity index (χ1v) is 5.00. The maximum absolute atomic E-state index is 10.9. The molecule has 0 aliphatic rings. The van der Waals surface area contributed by atoms with Gasteiger partial charge in [-0.1, -0.05) is 11.6 Å². The van der Waals surface area contributed by atoms with Crippen molar-refractivity contribution in [1.29, 1.82) is 0 Å². The van der Waals surface area contributed by atoms with Crippen molar-refractivity contribution in [3.8, 4) is 5.69 Å². The Bertz CT molecular complexity index is 549. The minimum absolute atomic E-state index is 0.0901. The topological polar surface area (TPSA) is 55.1 Å². The van der Waals surface area contributed by atoms with Crippen LogP contribution in [-0.4, -0.2) is 20.6 Å². The zero-order valence-electron chi connectivity index (χ0n) is 8.51. The number of carboxylic acid groups (broad SMARTS) is 1. The zero-order valence-corrected chi connectivity index (χ0v) is 9.27. The maximum atomic E-state index is 10.9. The van der Waals surface area contributed by atoms with Gasteiger partial charge in [-0.25, -0.2) is 9.78 Å². The van der Waals surface area contributed by atoms with Crippen molar-refractivity contribution < 1.29 is 9.90 Å². The smallest absolute Gasteiger partial charge is 0.337 e. The number of aromatic nitrogens is 2. The summed E-state index contributed by atoms with van der Waals surface area (Å²) in [5.41, 5.74) is 0.823. The van der Waals surface area contributed by atoms with Crippen LogP contribution in [0.2, 0.25) is 5.02 Å². The molecule has 2 rings (SSSR count). The molecule has 16 heavy (non-hydrogen) atoms. The van der Waals surface area contributed by atoms with Gasteiger partial charge in [-0.3, -0.25) is 0 Å². The van der Waals surface area contributed by atoms with Crippen LogP contribution in [0.15, 0.2) is 30.6 Å². The van der Waals surface area contributed by atoms with Crippen LogP contribution in [0, 0.1) is 6.92 Å². The van der Waals surface area contributed by atoms with Gasteiger partial charge in [0.2, 0.25) is 0 Å². The summed E-state index contributed by atoms with van der Waals surface area (Å²) >= 11 is 5.79. The lowest BCUT2D eigenvalue weighted by Gasteiger charge is -2.07. The Morgan fingerprint density at radius 1 is 1.50 bits per heavy atom. The van der Waals surface area contributed by atoms with Crippen LogP contribution in [0.5, 0.6) is 0 Å². The quantitative estimate of drug-likeness (QED) is 0.872. The molecule has 0 aliphatic heterocycles. The van der Waals surface area contributed by atoms with Crippen molar-refractivity contribution in [2.75, 3.05) is 0 Å². The molecule has 0 saturated carbocycles. The van der Waals surface area contributed by atoms with Gasteiger partial charge in [0.25, 0.3) is 0 Å². The van der Waals surface area contributed by atoms with Crippen LogP contribution >= 0.6 is 11.6 Å². The van der Waals surface area contributed by atoms with Crippen LogP contribution < -0.4 is 0 Å². The van der Waals surface area contributed by atoms with Crippen LogP contribution in [0.3, 0.4) is 0 Å². The molecule has 5 heteroatoms. The number of benzene rings is 1. The number of rotatable bonds is 2. The van der Waals surface area contributed by atoms with Gasteiger partial charge in [0.1, 0.15) is 5.82 Å². The van der Waals surface area contributed by atoms with E-state index >= 15 is 0 Å². The van der Waals surface area contributed by atoms with Gasteiger partial charge in [-0.15, -0.1) is 0 Å². The molecular formula is C11H9ClN2O2. The molecule has 0 aliphatic carbocycles. The average molecular weight is 237 g/mol. The first-order valence-electron chi connectivity index (χ1n) is 4.63. The predicted octanol–water partition coefficient (Wildman–Crippen LogP) is 2.53. The van der Waals surface area contributed by atoms with Gasteiger partial charge >= 0.3 is 5.97 Å². The Labute approximate surface area is 97.1 Å². The molecule has 2 aromatic rings. The van der Waals surface area contributed by atoms with Crippen LogP contribution in [-0.2, 0) is 0 Å². The molecule has 1 heterocycles. The highest BCUT2D eigenvalue weighted by Gasteiger charge is 2.10. The summed E-state index contributed by atoms with van der Waals surface area (Å²) in [5, 5.41) is 9.18. The lowest BCUT2D eigenvalue weighted by atomic mass is 10.2. The van der Waals surface area contributed by atoms with Crippen molar-refractivity contribution in [2.45, 2.75) is 6.92 Å². The number of aryl methyl sites for hydroxylation is 1. The SMILES string of the molecule is Cc1nccn1-c1ccc(Cl)c(C(=O)O)c1. The van der Waals surface area contributed by atoms with Crippen molar-refractivity contribution in [3.05, 3.63) is 47.0 Å². The van der Waals surface area contributed by atoms with Crippen molar-refractivity contribution >= 4 is 17.6 Å². The van der Waals surface area contributed by atoms with E-state index in [4.69, 9.17) is 16.7 Å². The molecule has 0 spiro atoms. The molecule has 0 fully saturated rings. The van der Waals surface area contributed by atoms with E-state index in [0.717, 1.165) is 11.5 Å². The minimum Gasteiger partial charge on any atom is -0.478 e. The number of imidazole rings is 1. The standard InChI is InChI=1S/C11H9ClN2O2/c1-7-13-4-5-14(7)8-2-3-10(12)9(6-8)11(15)16/h2-6H,1H3,(H,15,16). The molecule has 82 valence electrons. The second-order valence-corrected chi connectivity index (χ2v) is 3.72. The molecule has 0 radical (unpaired) electrons. The molecule has 1 aromatic heterocycles.